The maximum atomic E-state index is 12.6. The Morgan fingerprint density at radius 1 is 1.04 bits per heavy atom. The number of rotatable bonds is 4. The van der Waals surface area contributed by atoms with Crippen LogP contribution in [0, 0.1) is 0 Å². The topological polar surface area (TPSA) is 87.7 Å². The molecule has 8 heteroatoms. The van der Waals surface area contributed by atoms with Gasteiger partial charge < -0.3 is 19.9 Å². The minimum Gasteiger partial charge on any atom is -0.450 e. The Morgan fingerprint density at radius 3 is 2.33 bits per heavy atom. The van der Waals surface area contributed by atoms with Crippen molar-refractivity contribution in [3.8, 4) is 0 Å². The molecule has 2 aliphatic rings. The Kier molecular flexibility index (Phi) is 6.84. The van der Waals surface area contributed by atoms with Crippen molar-refractivity contribution in [2.24, 2.45) is 0 Å². The number of carbonyl (C=O) groups excluding carboxylic acids is 2. The summed E-state index contributed by atoms with van der Waals surface area (Å²) in [6.07, 6.45) is 5.91. The summed E-state index contributed by atoms with van der Waals surface area (Å²) in [4.78, 5) is 27.9. The number of hydrogen-bond donors (Lipinski definition) is 1. The molecule has 0 atom stereocenters. The third-order valence-corrected chi connectivity index (χ3v) is 5.15. The lowest BCUT2D eigenvalue weighted by atomic mass is 10.1. The second kappa shape index (κ2) is 9.53. The minimum absolute atomic E-state index is 0.0290. The molecule has 2 fully saturated rings. The van der Waals surface area contributed by atoms with Gasteiger partial charge in [-0.05, 0) is 44.7 Å². The molecule has 0 unspecified atom stereocenters. The molecular formula is C19H29N5O3. The minimum atomic E-state index is -0.243. The molecule has 3 heterocycles. The van der Waals surface area contributed by atoms with Gasteiger partial charge in [-0.25, -0.2) is 4.79 Å². The number of carbonyl (C=O) groups is 2. The van der Waals surface area contributed by atoms with E-state index in [-0.39, 0.29) is 18.0 Å². The normalized spacial score (nSPS) is 18.7. The second-order valence-electron chi connectivity index (χ2n) is 7.11. The molecule has 0 aromatic carbocycles. The fourth-order valence-electron chi connectivity index (χ4n) is 3.59. The highest BCUT2D eigenvalue weighted by Crippen LogP contribution is 2.17. The Hall–Kier alpha value is -2.38. The van der Waals surface area contributed by atoms with Crippen LogP contribution >= 0.6 is 0 Å². The van der Waals surface area contributed by atoms with E-state index in [4.69, 9.17) is 4.74 Å². The van der Waals surface area contributed by atoms with Gasteiger partial charge in [0.15, 0.2) is 5.69 Å². The number of nitrogens with zero attached hydrogens (tertiary/aromatic N) is 4. The van der Waals surface area contributed by atoms with Gasteiger partial charge in [-0.1, -0.05) is 12.8 Å². The van der Waals surface area contributed by atoms with Crippen LogP contribution in [0.3, 0.4) is 0 Å². The van der Waals surface area contributed by atoms with Gasteiger partial charge in [0.05, 0.1) is 6.61 Å². The zero-order valence-corrected chi connectivity index (χ0v) is 16.0. The molecule has 148 valence electrons. The van der Waals surface area contributed by atoms with E-state index in [0.717, 1.165) is 38.8 Å². The molecule has 3 rings (SSSR count). The van der Waals surface area contributed by atoms with E-state index < -0.39 is 0 Å². The average molecular weight is 375 g/mol. The van der Waals surface area contributed by atoms with Crippen LogP contribution in [0.2, 0.25) is 0 Å². The number of likely N-dealkylation sites (tertiary alicyclic amines) is 2. The molecule has 1 N–H and O–H groups in total. The largest absolute Gasteiger partial charge is 0.450 e. The SMILES string of the molecule is CCOC(=O)N1CCC(Nc2ccc(C(=O)N3CCCCCC3)nn2)CC1. The highest BCUT2D eigenvalue weighted by Gasteiger charge is 2.24. The van der Waals surface area contributed by atoms with Gasteiger partial charge in [-0.3, -0.25) is 4.79 Å². The van der Waals surface area contributed by atoms with Gasteiger partial charge in [-0.2, -0.15) is 0 Å². The number of nitrogens with one attached hydrogen (secondary N) is 1. The molecule has 2 aliphatic heterocycles. The van der Waals surface area contributed by atoms with Crippen molar-refractivity contribution >= 4 is 17.8 Å². The molecule has 1 aromatic rings. The first-order valence-corrected chi connectivity index (χ1v) is 9.98. The van der Waals surface area contributed by atoms with Crippen LogP contribution in [0.25, 0.3) is 0 Å². The van der Waals surface area contributed by atoms with Crippen LogP contribution in [0.4, 0.5) is 10.6 Å². The zero-order chi connectivity index (χ0) is 19.1. The van der Waals surface area contributed by atoms with Crippen molar-refractivity contribution in [1.82, 2.24) is 20.0 Å². The van der Waals surface area contributed by atoms with Crippen LogP contribution in [0.15, 0.2) is 12.1 Å². The van der Waals surface area contributed by atoms with Gasteiger partial charge in [-0.15, -0.1) is 10.2 Å². The Labute approximate surface area is 160 Å². The molecule has 1 aromatic heterocycles. The van der Waals surface area contributed by atoms with Crippen LogP contribution in [-0.2, 0) is 4.74 Å². The van der Waals surface area contributed by atoms with Crippen molar-refractivity contribution in [1.29, 1.82) is 0 Å². The van der Waals surface area contributed by atoms with Gasteiger partial charge in [0.2, 0.25) is 0 Å². The van der Waals surface area contributed by atoms with Gasteiger partial charge >= 0.3 is 6.09 Å². The quantitative estimate of drug-likeness (QED) is 0.870. The van der Waals surface area contributed by atoms with Gasteiger partial charge in [0, 0.05) is 32.2 Å². The maximum Gasteiger partial charge on any atom is 0.409 e. The first kappa shape index (κ1) is 19.4. The molecule has 27 heavy (non-hydrogen) atoms. The van der Waals surface area contributed by atoms with Crippen molar-refractivity contribution in [3.63, 3.8) is 0 Å². The fraction of sp³-hybridized carbons (Fsp3) is 0.684. The van der Waals surface area contributed by atoms with Gasteiger partial charge in [0.25, 0.3) is 5.91 Å². The fourth-order valence-corrected chi connectivity index (χ4v) is 3.59. The highest BCUT2D eigenvalue weighted by molar-refractivity contribution is 5.92. The van der Waals surface area contributed by atoms with E-state index >= 15 is 0 Å². The number of amides is 2. The first-order valence-electron chi connectivity index (χ1n) is 9.98. The van der Waals surface area contributed by atoms with Crippen molar-refractivity contribution in [2.75, 3.05) is 38.1 Å². The summed E-state index contributed by atoms with van der Waals surface area (Å²) in [5.41, 5.74) is 0.402. The van der Waals surface area contributed by atoms with E-state index in [2.05, 4.69) is 15.5 Å². The van der Waals surface area contributed by atoms with Crippen molar-refractivity contribution in [2.45, 2.75) is 51.5 Å². The average Bonchev–Trinajstić information content (AvgIpc) is 2.98. The van der Waals surface area contributed by atoms with Crippen LogP contribution in [0.1, 0.15) is 55.9 Å². The third-order valence-electron chi connectivity index (χ3n) is 5.15. The predicted molar refractivity (Wildman–Crippen MR) is 102 cm³/mol. The number of hydrogen-bond acceptors (Lipinski definition) is 6. The Balaban J connectivity index is 1.49. The molecule has 0 radical (unpaired) electrons. The van der Waals surface area contributed by atoms with Crippen molar-refractivity contribution in [3.05, 3.63) is 17.8 Å². The molecule has 2 amide bonds. The first-order chi connectivity index (χ1) is 13.2. The molecule has 8 nitrogen and oxygen atoms in total. The highest BCUT2D eigenvalue weighted by atomic mass is 16.6. The number of anilines is 1. The van der Waals surface area contributed by atoms with Crippen LogP contribution < -0.4 is 5.32 Å². The van der Waals surface area contributed by atoms with E-state index in [1.807, 2.05) is 17.9 Å². The summed E-state index contributed by atoms with van der Waals surface area (Å²) in [5.74, 6) is 0.635. The monoisotopic (exact) mass is 375 g/mol. The molecule has 0 saturated carbocycles. The third kappa shape index (κ3) is 5.30. The number of ether oxygens (including phenoxy) is 1. The summed E-state index contributed by atoms with van der Waals surface area (Å²) in [6, 6.07) is 3.80. The maximum absolute atomic E-state index is 12.6. The van der Waals surface area contributed by atoms with E-state index in [9.17, 15) is 9.59 Å². The van der Waals surface area contributed by atoms with Crippen molar-refractivity contribution < 1.29 is 14.3 Å². The Morgan fingerprint density at radius 2 is 1.74 bits per heavy atom. The lowest BCUT2D eigenvalue weighted by Gasteiger charge is -2.31. The molecular weight excluding hydrogens is 346 g/mol. The van der Waals surface area contributed by atoms with Crippen LogP contribution in [0.5, 0.6) is 0 Å². The summed E-state index contributed by atoms with van der Waals surface area (Å²) in [7, 11) is 0. The summed E-state index contributed by atoms with van der Waals surface area (Å²) < 4.78 is 5.04. The summed E-state index contributed by atoms with van der Waals surface area (Å²) in [5, 5.41) is 11.7. The lowest BCUT2D eigenvalue weighted by molar-refractivity contribution is 0.0754. The summed E-state index contributed by atoms with van der Waals surface area (Å²) in [6.45, 7) is 5.14. The van der Waals surface area contributed by atoms with E-state index in [1.54, 1.807) is 11.0 Å². The summed E-state index contributed by atoms with van der Waals surface area (Å²) >= 11 is 0. The van der Waals surface area contributed by atoms with Gasteiger partial charge in [0.1, 0.15) is 5.82 Å². The lowest BCUT2D eigenvalue weighted by Crippen LogP contribution is -2.42. The van der Waals surface area contributed by atoms with E-state index in [1.165, 1.54) is 12.8 Å². The Bertz CT molecular complexity index is 621. The zero-order valence-electron chi connectivity index (χ0n) is 16.0. The van der Waals surface area contributed by atoms with Crippen LogP contribution in [-0.4, -0.2) is 70.8 Å². The molecule has 0 aliphatic carbocycles. The number of piperidine rings is 1. The molecule has 0 spiro atoms. The smallest absolute Gasteiger partial charge is 0.409 e. The number of aromatic nitrogens is 2. The molecule has 0 bridgehead atoms. The van der Waals surface area contributed by atoms with E-state index in [0.29, 0.717) is 31.2 Å². The second-order valence-corrected chi connectivity index (χ2v) is 7.11. The standard InChI is InChI=1S/C19H29N5O3/c1-2-27-19(26)24-13-9-15(10-14-24)20-17-8-7-16(21-22-17)18(25)23-11-5-3-4-6-12-23/h7-8,15H,2-6,9-14H2,1H3,(H,20,22). The molecule has 2 saturated heterocycles. The predicted octanol–water partition coefficient (Wildman–Crippen LogP) is 2.53.